The molecule has 2 aromatic rings. The van der Waals surface area contributed by atoms with E-state index in [4.69, 9.17) is 17.3 Å². The van der Waals surface area contributed by atoms with Crippen LogP contribution in [0, 0.1) is 0 Å². The zero-order chi connectivity index (χ0) is 12.3. The third-order valence-electron chi connectivity index (χ3n) is 2.50. The summed E-state index contributed by atoms with van der Waals surface area (Å²) in [5, 5.41) is 11.7. The van der Waals surface area contributed by atoms with Gasteiger partial charge in [-0.05, 0) is 12.1 Å². The fourth-order valence-corrected chi connectivity index (χ4v) is 1.81. The van der Waals surface area contributed by atoms with Crippen LogP contribution in [0.3, 0.4) is 0 Å². The number of hydrogen-bond acceptors (Lipinski definition) is 4. The molecule has 0 aliphatic rings. The van der Waals surface area contributed by atoms with Crippen molar-refractivity contribution in [2.75, 3.05) is 17.6 Å². The van der Waals surface area contributed by atoms with E-state index in [0.29, 0.717) is 17.3 Å². The molecule has 0 amide bonds. The van der Waals surface area contributed by atoms with Gasteiger partial charge in [-0.1, -0.05) is 17.7 Å². The number of halogens is 1. The predicted molar refractivity (Wildman–Crippen MR) is 69.1 cm³/mol. The van der Waals surface area contributed by atoms with Gasteiger partial charge in [0, 0.05) is 20.0 Å². The third kappa shape index (κ3) is 2.68. The summed E-state index contributed by atoms with van der Waals surface area (Å²) >= 11 is 6.05. The van der Waals surface area contributed by atoms with Crippen LogP contribution in [0.1, 0.15) is 5.82 Å². The molecule has 1 aromatic carbocycles. The fourth-order valence-electron chi connectivity index (χ4n) is 1.56. The van der Waals surface area contributed by atoms with Gasteiger partial charge in [-0.25, -0.2) is 0 Å². The third-order valence-corrected chi connectivity index (χ3v) is 2.82. The van der Waals surface area contributed by atoms with Gasteiger partial charge in [0.15, 0.2) is 0 Å². The Morgan fingerprint density at radius 2 is 2.29 bits per heavy atom. The van der Waals surface area contributed by atoms with Gasteiger partial charge in [-0.15, -0.1) is 10.2 Å². The number of nitrogen functional groups attached to an aromatic ring is 1. The molecule has 0 unspecified atom stereocenters. The number of hydrogen-bond donors (Lipinski definition) is 2. The Hall–Kier alpha value is -1.75. The Bertz CT molecular complexity index is 488. The number of nitrogens with one attached hydrogen (secondary N) is 1. The van der Waals surface area contributed by atoms with Crippen LogP contribution in [0.15, 0.2) is 24.5 Å². The standard InChI is InChI=1S/C11H14ClN5/c1-17-7-15-16-10(17)5-6-14-11-8(12)3-2-4-9(11)13/h2-4,7,14H,5-6,13H2,1H3. The molecule has 0 aliphatic carbocycles. The Kier molecular flexibility index (Phi) is 3.49. The number of benzene rings is 1. The Labute approximate surface area is 105 Å². The van der Waals surface area contributed by atoms with E-state index < -0.39 is 0 Å². The fraction of sp³-hybridized carbons (Fsp3) is 0.273. The average molecular weight is 252 g/mol. The largest absolute Gasteiger partial charge is 0.397 e. The maximum atomic E-state index is 6.05. The van der Waals surface area contributed by atoms with E-state index in [0.717, 1.165) is 17.9 Å². The van der Waals surface area contributed by atoms with Crippen molar-refractivity contribution in [1.29, 1.82) is 0 Å². The minimum Gasteiger partial charge on any atom is -0.397 e. The number of nitrogens with two attached hydrogens (primary N) is 1. The zero-order valence-corrected chi connectivity index (χ0v) is 10.3. The highest BCUT2D eigenvalue weighted by atomic mass is 35.5. The molecule has 0 atom stereocenters. The minimum atomic E-state index is 0.628. The van der Waals surface area contributed by atoms with Crippen molar-refractivity contribution in [1.82, 2.24) is 14.8 Å². The van der Waals surface area contributed by atoms with Gasteiger partial charge >= 0.3 is 0 Å². The first-order chi connectivity index (χ1) is 8.18. The molecule has 3 N–H and O–H groups in total. The molecule has 6 heteroatoms. The van der Waals surface area contributed by atoms with Crippen molar-refractivity contribution in [3.63, 3.8) is 0 Å². The second-order valence-electron chi connectivity index (χ2n) is 3.74. The van der Waals surface area contributed by atoms with Crippen molar-refractivity contribution < 1.29 is 0 Å². The molecule has 0 aliphatic heterocycles. The highest BCUT2D eigenvalue weighted by Crippen LogP contribution is 2.27. The summed E-state index contributed by atoms with van der Waals surface area (Å²) in [4.78, 5) is 0. The molecule has 0 saturated carbocycles. The lowest BCUT2D eigenvalue weighted by Crippen LogP contribution is -2.10. The molecule has 2 rings (SSSR count). The Balaban J connectivity index is 1.97. The van der Waals surface area contributed by atoms with Gasteiger partial charge in [-0.2, -0.15) is 0 Å². The SMILES string of the molecule is Cn1cnnc1CCNc1c(N)cccc1Cl. The molecule has 5 nitrogen and oxygen atoms in total. The summed E-state index contributed by atoms with van der Waals surface area (Å²) in [7, 11) is 1.92. The van der Waals surface area contributed by atoms with Crippen molar-refractivity contribution in [3.05, 3.63) is 35.4 Å². The number of aromatic nitrogens is 3. The summed E-state index contributed by atoms with van der Waals surface area (Å²) in [5.74, 6) is 0.920. The highest BCUT2D eigenvalue weighted by Gasteiger charge is 2.04. The Morgan fingerprint density at radius 1 is 1.47 bits per heavy atom. The first-order valence-corrected chi connectivity index (χ1v) is 5.67. The van der Waals surface area contributed by atoms with Crippen LogP contribution >= 0.6 is 11.6 Å². The van der Waals surface area contributed by atoms with E-state index >= 15 is 0 Å². The average Bonchev–Trinajstić information content (AvgIpc) is 2.69. The predicted octanol–water partition coefficient (Wildman–Crippen LogP) is 1.71. The van der Waals surface area contributed by atoms with Crippen molar-refractivity contribution in [3.8, 4) is 0 Å². The van der Waals surface area contributed by atoms with E-state index in [-0.39, 0.29) is 0 Å². The van der Waals surface area contributed by atoms with E-state index in [9.17, 15) is 0 Å². The summed E-state index contributed by atoms with van der Waals surface area (Å²) in [6.45, 7) is 0.709. The lowest BCUT2D eigenvalue weighted by Gasteiger charge is -2.10. The summed E-state index contributed by atoms with van der Waals surface area (Å²) in [5.41, 5.74) is 7.25. The molecule has 0 saturated heterocycles. The van der Waals surface area contributed by atoms with Crippen LogP contribution in [0.4, 0.5) is 11.4 Å². The van der Waals surface area contributed by atoms with Crippen LogP contribution in [-0.2, 0) is 13.5 Å². The van der Waals surface area contributed by atoms with Crippen molar-refractivity contribution in [2.24, 2.45) is 7.05 Å². The summed E-state index contributed by atoms with van der Waals surface area (Å²) in [6.07, 6.45) is 2.44. The monoisotopic (exact) mass is 251 g/mol. The molecule has 0 fully saturated rings. The van der Waals surface area contributed by atoms with Gasteiger partial charge in [0.2, 0.25) is 0 Å². The van der Waals surface area contributed by atoms with E-state index in [1.165, 1.54) is 0 Å². The van der Waals surface area contributed by atoms with Crippen molar-refractivity contribution in [2.45, 2.75) is 6.42 Å². The maximum Gasteiger partial charge on any atom is 0.134 e. The lowest BCUT2D eigenvalue weighted by atomic mass is 10.2. The van der Waals surface area contributed by atoms with Gasteiger partial charge in [0.1, 0.15) is 12.2 Å². The normalized spacial score (nSPS) is 10.5. The quantitative estimate of drug-likeness (QED) is 0.812. The zero-order valence-electron chi connectivity index (χ0n) is 9.52. The molecular weight excluding hydrogens is 238 g/mol. The molecule has 1 heterocycles. The van der Waals surface area contributed by atoms with E-state index in [1.54, 1.807) is 6.33 Å². The van der Waals surface area contributed by atoms with Crippen LogP contribution in [0.25, 0.3) is 0 Å². The summed E-state index contributed by atoms with van der Waals surface area (Å²) in [6, 6.07) is 5.45. The highest BCUT2D eigenvalue weighted by molar-refractivity contribution is 6.33. The van der Waals surface area contributed by atoms with E-state index in [1.807, 2.05) is 29.8 Å². The number of anilines is 2. The van der Waals surface area contributed by atoms with Gasteiger partial charge < -0.3 is 15.6 Å². The second kappa shape index (κ2) is 5.05. The number of nitrogens with zero attached hydrogens (tertiary/aromatic N) is 3. The van der Waals surface area contributed by atoms with Gasteiger partial charge in [-0.3, -0.25) is 0 Å². The molecule has 0 bridgehead atoms. The minimum absolute atomic E-state index is 0.628. The smallest absolute Gasteiger partial charge is 0.134 e. The van der Waals surface area contributed by atoms with Crippen LogP contribution in [0.2, 0.25) is 5.02 Å². The first kappa shape index (κ1) is 11.7. The molecular formula is C11H14ClN5. The summed E-state index contributed by atoms with van der Waals surface area (Å²) < 4.78 is 1.89. The number of rotatable bonds is 4. The second-order valence-corrected chi connectivity index (χ2v) is 4.15. The lowest BCUT2D eigenvalue weighted by molar-refractivity contribution is 0.788. The van der Waals surface area contributed by atoms with Crippen molar-refractivity contribution >= 4 is 23.0 Å². The van der Waals surface area contributed by atoms with E-state index in [2.05, 4.69) is 15.5 Å². The number of para-hydroxylation sites is 1. The molecule has 0 spiro atoms. The molecule has 17 heavy (non-hydrogen) atoms. The molecule has 90 valence electrons. The first-order valence-electron chi connectivity index (χ1n) is 5.29. The topological polar surface area (TPSA) is 68.8 Å². The van der Waals surface area contributed by atoms with Crippen LogP contribution in [-0.4, -0.2) is 21.3 Å². The van der Waals surface area contributed by atoms with Gasteiger partial charge in [0.05, 0.1) is 16.4 Å². The van der Waals surface area contributed by atoms with Crippen LogP contribution in [0.5, 0.6) is 0 Å². The maximum absolute atomic E-state index is 6.05. The molecule has 1 aromatic heterocycles. The van der Waals surface area contributed by atoms with Gasteiger partial charge in [0.25, 0.3) is 0 Å². The van der Waals surface area contributed by atoms with Crippen LogP contribution < -0.4 is 11.1 Å². The molecule has 0 radical (unpaired) electrons. The Morgan fingerprint density at radius 3 is 2.94 bits per heavy atom. The number of aryl methyl sites for hydroxylation is 1.